The zero-order valence-electron chi connectivity index (χ0n) is 11.6. The normalized spacial score (nSPS) is 11.0. The van der Waals surface area contributed by atoms with Gasteiger partial charge in [0.25, 0.3) is 5.91 Å². The molecule has 2 aromatic carbocycles. The van der Waals surface area contributed by atoms with Crippen molar-refractivity contribution in [2.24, 2.45) is 12.8 Å². The summed E-state index contributed by atoms with van der Waals surface area (Å²) in [4.78, 5) is 11.9. The number of nitrogens with zero attached hydrogens (tertiary/aromatic N) is 1. The average Bonchev–Trinajstić information content (AvgIpc) is 2.72. The SMILES string of the molecule is Cn1c(C(N)=O)c(Cc2ccccc2)c2cc(Cl)ccc21. The molecule has 3 rings (SSSR count). The maximum Gasteiger partial charge on any atom is 0.265 e. The third kappa shape index (κ3) is 2.41. The summed E-state index contributed by atoms with van der Waals surface area (Å²) < 4.78 is 1.84. The van der Waals surface area contributed by atoms with Crippen LogP contribution in [-0.2, 0) is 13.5 Å². The first-order chi connectivity index (χ1) is 10.1. The molecule has 0 aliphatic carbocycles. The molecule has 0 unspecified atom stereocenters. The molecule has 3 aromatic rings. The third-order valence-corrected chi connectivity index (χ3v) is 3.96. The molecule has 4 heteroatoms. The number of aryl methyl sites for hydroxylation is 1. The van der Waals surface area contributed by atoms with Gasteiger partial charge in [-0.15, -0.1) is 0 Å². The van der Waals surface area contributed by atoms with E-state index in [1.54, 1.807) is 0 Å². The van der Waals surface area contributed by atoms with E-state index >= 15 is 0 Å². The zero-order valence-corrected chi connectivity index (χ0v) is 12.4. The number of carbonyl (C=O) groups excluding carboxylic acids is 1. The number of carbonyl (C=O) groups is 1. The van der Waals surface area contributed by atoms with Crippen molar-refractivity contribution in [3.05, 3.63) is 70.4 Å². The lowest BCUT2D eigenvalue weighted by atomic mass is 10.0. The highest BCUT2D eigenvalue weighted by atomic mass is 35.5. The Labute approximate surface area is 127 Å². The van der Waals surface area contributed by atoms with Crippen molar-refractivity contribution < 1.29 is 4.79 Å². The molecule has 1 amide bonds. The molecule has 3 nitrogen and oxygen atoms in total. The second-order valence-electron chi connectivity index (χ2n) is 5.07. The Kier molecular flexibility index (Phi) is 3.43. The van der Waals surface area contributed by atoms with Crippen molar-refractivity contribution in [2.75, 3.05) is 0 Å². The highest BCUT2D eigenvalue weighted by Crippen LogP contribution is 2.29. The van der Waals surface area contributed by atoms with Gasteiger partial charge in [-0.25, -0.2) is 0 Å². The van der Waals surface area contributed by atoms with Gasteiger partial charge in [0.05, 0.1) is 0 Å². The lowest BCUT2D eigenvalue weighted by molar-refractivity contribution is 0.0992. The Hall–Kier alpha value is -2.26. The third-order valence-electron chi connectivity index (χ3n) is 3.72. The number of fused-ring (bicyclic) bond motifs is 1. The quantitative estimate of drug-likeness (QED) is 0.790. The van der Waals surface area contributed by atoms with Gasteiger partial charge in [-0.05, 0) is 29.3 Å². The maximum absolute atomic E-state index is 11.9. The van der Waals surface area contributed by atoms with E-state index in [1.165, 1.54) is 0 Å². The van der Waals surface area contributed by atoms with E-state index in [2.05, 4.69) is 0 Å². The molecule has 0 fully saturated rings. The summed E-state index contributed by atoms with van der Waals surface area (Å²) in [6, 6.07) is 15.6. The van der Waals surface area contributed by atoms with Crippen molar-refractivity contribution in [3.63, 3.8) is 0 Å². The van der Waals surface area contributed by atoms with Crippen LogP contribution >= 0.6 is 11.6 Å². The van der Waals surface area contributed by atoms with Crippen LogP contribution in [0.2, 0.25) is 5.02 Å². The van der Waals surface area contributed by atoms with E-state index in [0.29, 0.717) is 17.1 Å². The van der Waals surface area contributed by atoms with Crippen LogP contribution in [0.5, 0.6) is 0 Å². The monoisotopic (exact) mass is 298 g/mol. The fourth-order valence-electron chi connectivity index (χ4n) is 2.79. The Morgan fingerprint density at radius 1 is 1.19 bits per heavy atom. The van der Waals surface area contributed by atoms with E-state index < -0.39 is 5.91 Å². The molecule has 0 saturated heterocycles. The van der Waals surface area contributed by atoms with E-state index in [4.69, 9.17) is 17.3 Å². The summed E-state index contributed by atoms with van der Waals surface area (Å²) in [5, 5.41) is 1.63. The van der Waals surface area contributed by atoms with Gasteiger partial charge in [-0.1, -0.05) is 41.9 Å². The van der Waals surface area contributed by atoms with E-state index in [9.17, 15) is 4.79 Å². The molecule has 0 bridgehead atoms. The summed E-state index contributed by atoms with van der Waals surface area (Å²) in [5.41, 5.74) is 9.13. The van der Waals surface area contributed by atoms with Gasteiger partial charge >= 0.3 is 0 Å². The molecule has 106 valence electrons. The molecule has 0 radical (unpaired) electrons. The van der Waals surface area contributed by atoms with Crippen molar-refractivity contribution in [1.29, 1.82) is 0 Å². The molecule has 21 heavy (non-hydrogen) atoms. The second-order valence-corrected chi connectivity index (χ2v) is 5.51. The number of hydrogen-bond acceptors (Lipinski definition) is 1. The van der Waals surface area contributed by atoms with Crippen LogP contribution in [0.4, 0.5) is 0 Å². The summed E-state index contributed by atoms with van der Waals surface area (Å²) in [5.74, 6) is -0.421. The minimum Gasteiger partial charge on any atom is -0.364 e. The van der Waals surface area contributed by atoms with Crippen LogP contribution in [0.1, 0.15) is 21.6 Å². The number of nitrogens with two attached hydrogens (primary N) is 1. The molecule has 0 aliphatic heterocycles. The molecule has 0 saturated carbocycles. The zero-order chi connectivity index (χ0) is 15.0. The highest BCUT2D eigenvalue weighted by molar-refractivity contribution is 6.31. The van der Waals surface area contributed by atoms with Crippen LogP contribution < -0.4 is 5.73 Å². The molecule has 0 spiro atoms. The maximum atomic E-state index is 11.9. The highest BCUT2D eigenvalue weighted by Gasteiger charge is 2.19. The molecule has 2 N–H and O–H groups in total. The lowest BCUT2D eigenvalue weighted by Crippen LogP contribution is -2.17. The first kappa shape index (κ1) is 13.7. The molecular formula is C17H15ClN2O. The van der Waals surface area contributed by atoms with Gasteiger partial charge < -0.3 is 10.3 Å². The van der Waals surface area contributed by atoms with Crippen LogP contribution in [-0.4, -0.2) is 10.5 Å². The molecular weight excluding hydrogens is 284 g/mol. The second kappa shape index (κ2) is 5.26. The van der Waals surface area contributed by atoms with Crippen LogP contribution in [0.15, 0.2) is 48.5 Å². The number of rotatable bonds is 3. The largest absolute Gasteiger partial charge is 0.364 e. The Morgan fingerprint density at radius 3 is 2.57 bits per heavy atom. The van der Waals surface area contributed by atoms with Gasteiger partial charge in [-0.2, -0.15) is 0 Å². The summed E-state index contributed by atoms with van der Waals surface area (Å²) in [6.07, 6.45) is 0.650. The summed E-state index contributed by atoms with van der Waals surface area (Å²) in [6.45, 7) is 0. The topological polar surface area (TPSA) is 48.0 Å². The number of hydrogen-bond donors (Lipinski definition) is 1. The van der Waals surface area contributed by atoms with Gasteiger partial charge in [-0.3, -0.25) is 4.79 Å². The Bertz CT molecular complexity index is 822. The van der Waals surface area contributed by atoms with E-state index in [0.717, 1.165) is 22.0 Å². The van der Waals surface area contributed by atoms with E-state index in [1.807, 2.05) is 60.1 Å². The first-order valence-corrected chi connectivity index (χ1v) is 7.06. The average molecular weight is 299 g/mol. The number of halogens is 1. The van der Waals surface area contributed by atoms with Crippen molar-refractivity contribution in [3.8, 4) is 0 Å². The number of aromatic nitrogens is 1. The van der Waals surface area contributed by atoms with Crippen molar-refractivity contribution >= 4 is 28.4 Å². The minimum atomic E-state index is -0.421. The Balaban J connectivity index is 2.25. The van der Waals surface area contributed by atoms with Gasteiger partial charge in [0, 0.05) is 29.4 Å². The number of benzene rings is 2. The minimum absolute atomic E-state index is 0.421. The fraction of sp³-hybridized carbons (Fsp3) is 0.118. The first-order valence-electron chi connectivity index (χ1n) is 6.68. The lowest BCUT2D eigenvalue weighted by Gasteiger charge is -2.04. The molecule has 1 aromatic heterocycles. The van der Waals surface area contributed by atoms with Crippen LogP contribution in [0.3, 0.4) is 0 Å². The summed E-state index contributed by atoms with van der Waals surface area (Å²) in [7, 11) is 1.85. The smallest absolute Gasteiger partial charge is 0.265 e. The molecule has 0 aliphatic rings. The standard InChI is InChI=1S/C17H15ClN2O/c1-20-15-8-7-12(18)10-13(15)14(16(20)17(19)21)9-11-5-3-2-4-6-11/h2-8,10H,9H2,1H3,(H2,19,21). The Morgan fingerprint density at radius 2 is 1.90 bits per heavy atom. The predicted octanol–water partition coefficient (Wildman–Crippen LogP) is 3.52. The van der Waals surface area contributed by atoms with Crippen molar-refractivity contribution in [1.82, 2.24) is 4.57 Å². The van der Waals surface area contributed by atoms with Gasteiger partial charge in [0.15, 0.2) is 0 Å². The van der Waals surface area contributed by atoms with Crippen LogP contribution in [0.25, 0.3) is 10.9 Å². The molecule has 0 atom stereocenters. The van der Waals surface area contributed by atoms with Gasteiger partial charge in [0.1, 0.15) is 5.69 Å². The summed E-state index contributed by atoms with van der Waals surface area (Å²) >= 11 is 6.11. The van der Waals surface area contributed by atoms with E-state index in [-0.39, 0.29) is 0 Å². The van der Waals surface area contributed by atoms with Gasteiger partial charge in [0.2, 0.25) is 0 Å². The number of amides is 1. The van der Waals surface area contributed by atoms with Crippen molar-refractivity contribution in [2.45, 2.75) is 6.42 Å². The van der Waals surface area contributed by atoms with Crippen LogP contribution in [0, 0.1) is 0 Å². The fourth-order valence-corrected chi connectivity index (χ4v) is 2.96. The number of primary amides is 1. The predicted molar refractivity (Wildman–Crippen MR) is 85.7 cm³/mol. The molecule has 1 heterocycles.